The molecule has 9 heteroatoms. The summed E-state index contributed by atoms with van der Waals surface area (Å²) in [5.74, 6) is 0. The number of rotatable bonds is 6. The second kappa shape index (κ2) is 6.88. The third-order valence-electron chi connectivity index (χ3n) is 3.13. The highest BCUT2D eigenvalue weighted by Crippen LogP contribution is 2.22. The van der Waals surface area contributed by atoms with E-state index in [1.165, 1.54) is 23.5 Å². The molecule has 1 heterocycles. The van der Waals surface area contributed by atoms with E-state index in [0.29, 0.717) is 17.7 Å². The molecular weight excluding hydrogens is 338 g/mol. The van der Waals surface area contributed by atoms with Gasteiger partial charge in [-0.15, -0.1) is 11.3 Å². The number of benzene rings is 1. The van der Waals surface area contributed by atoms with E-state index in [2.05, 4.69) is 9.93 Å². The zero-order chi connectivity index (χ0) is 17.0. The highest BCUT2D eigenvalue weighted by Gasteiger charge is 2.19. The number of nitrogens with one attached hydrogen (secondary N) is 1. The summed E-state index contributed by atoms with van der Waals surface area (Å²) >= 11 is 1.46. The fraction of sp³-hybridized carbons (Fsp3) is 0.214. The molecule has 7 nitrogen and oxygen atoms in total. The Bertz CT molecular complexity index is 843. The van der Waals surface area contributed by atoms with Gasteiger partial charge >= 0.3 is 0 Å². The second-order valence-corrected chi connectivity index (χ2v) is 7.30. The number of hydrogen-bond donors (Lipinski definition) is 1. The molecule has 0 amide bonds. The highest BCUT2D eigenvalue weighted by atomic mass is 32.2. The Morgan fingerprint density at radius 1 is 1.39 bits per heavy atom. The Morgan fingerprint density at radius 3 is 2.70 bits per heavy atom. The standard InChI is InChI=1S/C14H15N3O4S2/c1-3-12(14-5-4-8-22-14)15-16-23(20,21)11-7-6-10(2)13(9-11)17(18)19/h4-9,16H,3H2,1-2H3/b15-12-. The lowest BCUT2D eigenvalue weighted by Crippen LogP contribution is -2.20. The van der Waals surface area contributed by atoms with E-state index in [1.807, 2.05) is 24.4 Å². The van der Waals surface area contributed by atoms with Gasteiger partial charge in [-0.1, -0.05) is 19.1 Å². The van der Waals surface area contributed by atoms with Crippen LogP contribution in [0.25, 0.3) is 0 Å². The Kier molecular flexibility index (Phi) is 5.12. The van der Waals surface area contributed by atoms with E-state index in [4.69, 9.17) is 0 Å². The van der Waals surface area contributed by atoms with Gasteiger partial charge in [0.2, 0.25) is 0 Å². The number of thiophene rings is 1. The summed E-state index contributed by atoms with van der Waals surface area (Å²) in [6.07, 6.45) is 0.553. The van der Waals surface area contributed by atoms with Crippen LogP contribution in [0.15, 0.2) is 45.7 Å². The fourth-order valence-electron chi connectivity index (χ4n) is 1.87. The number of nitro groups is 1. The molecule has 1 aromatic carbocycles. The van der Waals surface area contributed by atoms with Crippen molar-refractivity contribution >= 4 is 32.8 Å². The van der Waals surface area contributed by atoms with Crippen LogP contribution < -0.4 is 4.83 Å². The Morgan fingerprint density at radius 2 is 2.13 bits per heavy atom. The molecule has 0 unspecified atom stereocenters. The molecule has 0 aliphatic carbocycles. The number of hydrazone groups is 1. The summed E-state index contributed by atoms with van der Waals surface area (Å²) in [5, 5.41) is 16.8. The molecule has 0 saturated carbocycles. The van der Waals surface area contributed by atoms with E-state index >= 15 is 0 Å². The van der Waals surface area contributed by atoms with Crippen molar-refractivity contribution in [3.05, 3.63) is 56.3 Å². The van der Waals surface area contributed by atoms with E-state index in [-0.39, 0.29) is 10.6 Å². The van der Waals surface area contributed by atoms with Crippen LogP contribution in [0.5, 0.6) is 0 Å². The second-order valence-electron chi connectivity index (χ2n) is 4.69. The summed E-state index contributed by atoms with van der Waals surface area (Å²) in [7, 11) is -3.97. The molecule has 1 aromatic heterocycles. The summed E-state index contributed by atoms with van der Waals surface area (Å²) in [6, 6.07) is 7.44. The molecule has 0 radical (unpaired) electrons. The first-order valence-corrected chi connectivity index (χ1v) is 9.08. The fourth-order valence-corrected chi connectivity index (χ4v) is 3.51. The van der Waals surface area contributed by atoms with Crippen molar-refractivity contribution in [2.75, 3.05) is 0 Å². The van der Waals surface area contributed by atoms with Gasteiger partial charge in [0.05, 0.1) is 20.4 Å². The molecule has 0 fully saturated rings. The van der Waals surface area contributed by atoms with Crippen molar-refractivity contribution in [1.29, 1.82) is 0 Å². The number of hydrogen-bond acceptors (Lipinski definition) is 6. The first-order chi connectivity index (χ1) is 10.8. The van der Waals surface area contributed by atoms with Crippen LogP contribution in [0, 0.1) is 17.0 Å². The molecule has 122 valence electrons. The Labute approximate surface area is 137 Å². The molecule has 0 spiro atoms. The van der Waals surface area contributed by atoms with Crippen molar-refractivity contribution in [3.63, 3.8) is 0 Å². The van der Waals surface area contributed by atoms with Gasteiger partial charge in [0.25, 0.3) is 15.7 Å². The predicted octanol–water partition coefficient (Wildman–Crippen LogP) is 3.06. The van der Waals surface area contributed by atoms with Gasteiger partial charge < -0.3 is 0 Å². The van der Waals surface area contributed by atoms with Gasteiger partial charge in [-0.2, -0.15) is 18.4 Å². The van der Waals surface area contributed by atoms with E-state index < -0.39 is 14.9 Å². The summed E-state index contributed by atoms with van der Waals surface area (Å²) < 4.78 is 24.5. The lowest BCUT2D eigenvalue weighted by atomic mass is 10.2. The normalized spacial score (nSPS) is 12.2. The summed E-state index contributed by atoms with van der Waals surface area (Å²) in [5.41, 5.74) is 0.751. The highest BCUT2D eigenvalue weighted by molar-refractivity contribution is 7.89. The minimum absolute atomic E-state index is 0.194. The van der Waals surface area contributed by atoms with Crippen LogP contribution in [0.3, 0.4) is 0 Å². The average Bonchev–Trinajstić information content (AvgIpc) is 3.02. The van der Waals surface area contributed by atoms with Crippen molar-refractivity contribution in [1.82, 2.24) is 4.83 Å². The van der Waals surface area contributed by atoms with Crippen LogP contribution in [-0.2, 0) is 10.0 Å². The predicted molar refractivity (Wildman–Crippen MR) is 89.3 cm³/mol. The van der Waals surface area contributed by atoms with E-state index in [1.54, 1.807) is 6.92 Å². The SMILES string of the molecule is CC/C(=N/NS(=O)(=O)c1ccc(C)c([N+](=O)[O-])c1)c1cccs1. The van der Waals surface area contributed by atoms with Crippen LogP contribution in [0.2, 0.25) is 0 Å². The molecule has 23 heavy (non-hydrogen) atoms. The van der Waals surface area contributed by atoms with E-state index in [9.17, 15) is 18.5 Å². The largest absolute Gasteiger partial charge is 0.276 e. The minimum Gasteiger partial charge on any atom is -0.258 e. The number of aryl methyl sites for hydroxylation is 1. The van der Waals surface area contributed by atoms with Gasteiger partial charge in [-0.05, 0) is 30.9 Å². The molecule has 0 aliphatic rings. The molecule has 2 aromatic rings. The zero-order valence-electron chi connectivity index (χ0n) is 12.5. The first kappa shape index (κ1) is 17.1. The Balaban J connectivity index is 2.32. The lowest BCUT2D eigenvalue weighted by molar-refractivity contribution is -0.385. The van der Waals surface area contributed by atoms with Gasteiger partial charge in [0.1, 0.15) is 0 Å². The van der Waals surface area contributed by atoms with Gasteiger partial charge in [0, 0.05) is 11.6 Å². The average molecular weight is 353 g/mol. The van der Waals surface area contributed by atoms with Crippen LogP contribution in [0.1, 0.15) is 23.8 Å². The van der Waals surface area contributed by atoms with Crippen LogP contribution >= 0.6 is 11.3 Å². The molecule has 0 saturated heterocycles. The smallest absolute Gasteiger partial charge is 0.258 e. The van der Waals surface area contributed by atoms with Crippen LogP contribution in [-0.4, -0.2) is 19.1 Å². The van der Waals surface area contributed by atoms with Gasteiger partial charge in [-0.3, -0.25) is 10.1 Å². The third kappa shape index (κ3) is 3.93. The maximum absolute atomic E-state index is 12.3. The van der Waals surface area contributed by atoms with Gasteiger partial charge in [0.15, 0.2) is 0 Å². The minimum atomic E-state index is -3.97. The molecular formula is C14H15N3O4S2. The van der Waals surface area contributed by atoms with E-state index in [0.717, 1.165) is 10.9 Å². The quantitative estimate of drug-likeness (QED) is 0.490. The van der Waals surface area contributed by atoms with Crippen molar-refractivity contribution < 1.29 is 13.3 Å². The molecule has 1 N–H and O–H groups in total. The monoisotopic (exact) mass is 353 g/mol. The maximum atomic E-state index is 12.3. The number of sulfonamides is 1. The molecule has 0 bridgehead atoms. The molecule has 0 atom stereocenters. The summed E-state index contributed by atoms with van der Waals surface area (Å²) in [6.45, 7) is 3.41. The van der Waals surface area contributed by atoms with Crippen molar-refractivity contribution in [3.8, 4) is 0 Å². The number of nitrogens with zero attached hydrogens (tertiary/aromatic N) is 2. The first-order valence-electron chi connectivity index (χ1n) is 6.72. The molecule has 0 aliphatic heterocycles. The number of nitro benzene ring substituents is 1. The topological polar surface area (TPSA) is 102 Å². The van der Waals surface area contributed by atoms with Crippen molar-refractivity contribution in [2.24, 2.45) is 5.10 Å². The van der Waals surface area contributed by atoms with Crippen molar-refractivity contribution in [2.45, 2.75) is 25.2 Å². The maximum Gasteiger partial charge on any atom is 0.276 e. The Hall–Kier alpha value is -2.26. The van der Waals surface area contributed by atoms with Gasteiger partial charge in [-0.25, -0.2) is 0 Å². The summed E-state index contributed by atoms with van der Waals surface area (Å²) in [4.78, 5) is 13.1. The molecule has 2 rings (SSSR count). The van der Waals surface area contributed by atoms with Crippen LogP contribution in [0.4, 0.5) is 5.69 Å². The lowest BCUT2D eigenvalue weighted by Gasteiger charge is -2.06. The third-order valence-corrected chi connectivity index (χ3v) is 5.25. The zero-order valence-corrected chi connectivity index (χ0v) is 14.1.